The lowest BCUT2D eigenvalue weighted by molar-refractivity contribution is -0.171. The van der Waals surface area contributed by atoms with Crippen LogP contribution in [0.3, 0.4) is 0 Å². The molecule has 90 valence electrons. The van der Waals surface area contributed by atoms with Crippen LogP contribution in [0.2, 0.25) is 0 Å². The van der Waals surface area contributed by atoms with Crippen LogP contribution in [-0.2, 0) is 0 Å². The number of fused-ring (bicyclic) bond motifs is 1. The number of rotatable bonds is 0. The number of hydrogen-bond acceptors (Lipinski definition) is 1. The van der Waals surface area contributed by atoms with Crippen molar-refractivity contribution in [3.05, 3.63) is 0 Å². The minimum absolute atomic E-state index is 0.153. The quantitative estimate of drug-likeness (QED) is 0.608. The summed E-state index contributed by atoms with van der Waals surface area (Å²) >= 11 is 0. The molecule has 2 saturated heterocycles. The first-order valence-electron chi connectivity index (χ1n) is 5.74. The van der Waals surface area contributed by atoms with Crippen molar-refractivity contribution in [2.45, 2.75) is 51.7 Å². The van der Waals surface area contributed by atoms with E-state index in [-0.39, 0.29) is 12.1 Å². The van der Waals surface area contributed by atoms with Gasteiger partial charge in [0.1, 0.15) is 0 Å². The Kier molecular flexibility index (Phi) is 3.69. The predicted octanol–water partition coefficient (Wildman–Crippen LogP) is 3.45. The van der Waals surface area contributed by atoms with Crippen molar-refractivity contribution in [2.24, 2.45) is 5.92 Å². The molecule has 2 aliphatic heterocycles. The molecule has 0 aromatic heterocycles. The zero-order chi connectivity index (χ0) is 11.7. The van der Waals surface area contributed by atoms with Crippen LogP contribution in [0.1, 0.15) is 40.0 Å². The largest absolute Gasteiger partial charge is 0.393 e. The number of halogens is 3. The van der Waals surface area contributed by atoms with E-state index in [4.69, 9.17) is 0 Å². The molecule has 0 bridgehead atoms. The summed E-state index contributed by atoms with van der Waals surface area (Å²) in [6, 6.07) is 0. The lowest BCUT2D eigenvalue weighted by Gasteiger charge is -2.26. The van der Waals surface area contributed by atoms with E-state index in [9.17, 15) is 13.2 Å². The molecule has 0 aromatic carbocycles. The van der Waals surface area contributed by atoms with Crippen LogP contribution in [0.4, 0.5) is 13.2 Å². The van der Waals surface area contributed by atoms with Crippen LogP contribution in [0.15, 0.2) is 0 Å². The van der Waals surface area contributed by atoms with Crippen molar-refractivity contribution in [1.29, 1.82) is 0 Å². The monoisotopic (exact) mass is 223 g/mol. The molecular weight excluding hydrogens is 203 g/mol. The highest BCUT2D eigenvalue weighted by Gasteiger charge is 2.53. The molecule has 0 radical (unpaired) electrons. The minimum atomic E-state index is -3.99. The highest BCUT2D eigenvalue weighted by Crippen LogP contribution is 2.46. The lowest BCUT2D eigenvalue weighted by Crippen LogP contribution is -2.34. The van der Waals surface area contributed by atoms with Crippen LogP contribution < -0.4 is 0 Å². The molecule has 1 nitrogen and oxygen atoms in total. The van der Waals surface area contributed by atoms with Gasteiger partial charge in [0.05, 0.1) is 5.92 Å². The Morgan fingerprint density at radius 3 is 2.33 bits per heavy atom. The Morgan fingerprint density at radius 1 is 1.27 bits per heavy atom. The third-order valence-electron chi connectivity index (χ3n) is 3.50. The van der Waals surface area contributed by atoms with E-state index in [1.165, 1.54) is 0 Å². The number of hydrogen-bond donors (Lipinski definition) is 0. The van der Waals surface area contributed by atoms with Crippen LogP contribution >= 0.6 is 0 Å². The molecular formula is C11H20F3N. The van der Waals surface area contributed by atoms with Gasteiger partial charge in [0.2, 0.25) is 0 Å². The number of nitrogens with zero attached hydrogens (tertiary/aromatic N) is 1. The van der Waals surface area contributed by atoms with Crippen molar-refractivity contribution in [3.63, 3.8) is 0 Å². The van der Waals surface area contributed by atoms with Crippen molar-refractivity contribution in [3.8, 4) is 0 Å². The van der Waals surface area contributed by atoms with E-state index in [1.54, 1.807) is 0 Å². The minimum Gasteiger partial charge on any atom is -0.297 e. The van der Waals surface area contributed by atoms with Crippen molar-refractivity contribution < 1.29 is 13.2 Å². The Bertz CT molecular complexity index is 214. The van der Waals surface area contributed by atoms with Crippen LogP contribution in [0, 0.1) is 5.92 Å². The molecule has 2 unspecified atom stereocenters. The average Bonchev–Trinajstić information content (AvgIpc) is 2.61. The zero-order valence-corrected chi connectivity index (χ0v) is 9.69. The molecule has 2 fully saturated rings. The first-order valence-corrected chi connectivity index (χ1v) is 5.74. The van der Waals surface area contributed by atoms with Crippen LogP contribution in [-0.4, -0.2) is 29.7 Å². The standard InChI is InChI=1S/C9H14F3N.C2H6/c1-8-3-2-4-13(8)6-7(5-8)9(10,11)12;1-2/h7H,2-6H2,1H3;1-2H3. The van der Waals surface area contributed by atoms with Gasteiger partial charge in [-0.15, -0.1) is 0 Å². The van der Waals surface area contributed by atoms with Gasteiger partial charge >= 0.3 is 6.18 Å². The summed E-state index contributed by atoms with van der Waals surface area (Å²) < 4.78 is 37.2. The Morgan fingerprint density at radius 2 is 1.87 bits per heavy atom. The predicted molar refractivity (Wildman–Crippen MR) is 54.7 cm³/mol. The molecule has 0 amide bonds. The summed E-state index contributed by atoms with van der Waals surface area (Å²) in [7, 11) is 0. The molecule has 2 atom stereocenters. The van der Waals surface area contributed by atoms with E-state index < -0.39 is 12.1 Å². The second kappa shape index (κ2) is 4.32. The molecule has 2 rings (SSSR count). The van der Waals surface area contributed by atoms with Gasteiger partial charge in [0, 0.05) is 12.1 Å². The van der Waals surface area contributed by atoms with Crippen LogP contribution in [0.25, 0.3) is 0 Å². The van der Waals surface area contributed by atoms with Gasteiger partial charge in [-0.2, -0.15) is 13.2 Å². The normalized spacial score (nSPS) is 36.0. The second-order valence-corrected chi connectivity index (χ2v) is 4.49. The highest BCUT2D eigenvalue weighted by atomic mass is 19.4. The van der Waals surface area contributed by atoms with E-state index in [2.05, 4.69) is 0 Å². The first kappa shape index (κ1) is 12.8. The van der Waals surface area contributed by atoms with E-state index in [0.717, 1.165) is 19.4 Å². The summed E-state index contributed by atoms with van der Waals surface area (Å²) in [5.41, 5.74) is -0.153. The van der Waals surface area contributed by atoms with Gasteiger partial charge < -0.3 is 0 Å². The Balaban J connectivity index is 0.000000531. The third kappa shape index (κ3) is 2.47. The fourth-order valence-corrected chi connectivity index (χ4v) is 2.70. The first-order chi connectivity index (χ1) is 6.92. The lowest BCUT2D eigenvalue weighted by atomic mass is 9.92. The van der Waals surface area contributed by atoms with E-state index >= 15 is 0 Å². The Hall–Kier alpha value is -0.250. The van der Waals surface area contributed by atoms with E-state index in [1.807, 2.05) is 25.7 Å². The molecule has 0 spiro atoms. The summed E-state index contributed by atoms with van der Waals surface area (Å²) in [4.78, 5) is 2.01. The molecule has 2 aliphatic rings. The van der Waals surface area contributed by atoms with Crippen molar-refractivity contribution >= 4 is 0 Å². The van der Waals surface area contributed by atoms with Crippen molar-refractivity contribution in [2.75, 3.05) is 13.1 Å². The summed E-state index contributed by atoms with van der Waals surface area (Å²) in [6.07, 6.45) is -1.70. The second-order valence-electron chi connectivity index (χ2n) is 4.49. The average molecular weight is 223 g/mol. The summed E-state index contributed by atoms with van der Waals surface area (Å²) in [5, 5.41) is 0. The van der Waals surface area contributed by atoms with Crippen LogP contribution in [0.5, 0.6) is 0 Å². The van der Waals surface area contributed by atoms with Gasteiger partial charge in [0.25, 0.3) is 0 Å². The van der Waals surface area contributed by atoms with Gasteiger partial charge in [-0.1, -0.05) is 13.8 Å². The maximum atomic E-state index is 12.4. The third-order valence-corrected chi connectivity index (χ3v) is 3.50. The molecule has 0 aromatic rings. The van der Waals surface area contributed by atoms with Crippen molar-refractivity contribution in [1.82, 2.24) is 4.90 Å². The molecule has 15 heavy (non-hydrogen) atoms. The number of alkyl halides is 3. The molecule has 2 heterocycles. The smallest absolute Gasteiger partial charge is 0.297 e. The zero-order valence-electron chi connectivity index (χ0n) is 9.69. The Labute approximate surface area is 89.6 Å². The SMILES string of the molecule is CC.CC12CCCN1CC(C(F)(F)F)C2. The fraction of sp³-hybridized carbons (Fsp3) is 1.00. The van der Waals surface area contributed by atoms with E-state index in [0.29, 0.717) is 6.42 Å². The maximum Gasteiger partial charge on any atom is 0.393 e. The van der Waals surface area contributed by atoms with Gasteiger partial charge in [-0.3, -0.25) is 4.90 Å². The van der Waals surface area contributed by atoms with Gasteiger partial charge in [0.15, 0.2) is 0 Å². The molecule has 4 heteroatoms. The highest BCUT2D eigenvalue weighted by molar-refractivity contribution is 5.01. The molecule has 0 aliphatic carbocycles. The summed E-state index contributed by atoms with van der Waals surface area (Å²) in [6.45, 7) is 7.04. The van der Waals surface area contributed by atoms with Gasteiger partial charge in [-0.05, 0) is 32.7 Å². The molecule has 0 saturated carbocycles. The summed E-state index contributed by atoms with van der Waals surface area (Å²) in [5.74, 6) is -1.09. The topological polar surface area (TPSA) is 3.24 Å². The van der Waals surface area contributed by atoms with Gasteiger partial charge in [-0.25, -0.2) is 0 Å². The maximum absolute atomic E-state index is 12.4. The molecule has 0 N–H and O–H groups in total. The fourth-order valence-electron chi connectivity index (χ4n) is 2.70.